The standard InChI is InChI=1S/C20H28N4O4/c1-13-9-16(25)10-14(2)17(13)11-15(23(3)4)12-22-20(28)21-7-8-24-18(26)5-6-19(24)27/h5-6,9-10,15,25H,7-8,11-12H2,1-4H3,(H2,21,22,28). The Morgan fingerprint density at radius 2 is 1.68 bits per heavy atom. The average Bonchev–Trinajstić information content (AvgIpc) is 2.92. The molecule has 0 bridgehead atoms. The van der Waals surface area contributed by atoms with Gasteiger partial charge in [0, 0.05) is 37.8 Å². The molecule has 0 saturated heterocycles. The second kappa shape index (κ2) is 9.36. The topological polar surface area (TPSA) is 102 Å². The number of amides is 4. The van der Waals surface area contributed by atoms with Gasteiger partial charge in [0.2, 0.25) is 0 Å². The van der Waals surface area contributed by atoms with Crippen LogP contribution in [0.25, 0.3) is 0 Å². The van der Waals surface area contributed by atoms with Gasteiger partial charge in [0.15, 0.2) is 0 Å². The molecule has 0 fully saturated rings. The third-order valence-corrected chi connectivity index (χ3v) is 4.87. The number of phenols is 1. The summed E-state index contributed by atoms with van der Waals surface area (Å²) >= 11 is 0. The number of rotatable bonds is 8. The molecule has 152 valence electrons. The first-order chi connectivity index (χ1) is 13.2. The molecule has 1 aliphatic heterocycles. The van der Waals surface area contributed by atoms with E-state index in [-0.39, 0.29) is 42.7 Å². The maximum absolute atomic E-state index is 12.1. The molecule has 1 atom stereocenters. The van der Waals surface area contributed by atoms with E-state index in [2.05, 4.69) is 10.6 Å². The predicted molar refractivity (Wildman–Crippen MR) is 106 cm³/mol. The van der Waals surface area contributed by atoms with Gasteiger partial charge in [0.25, 0.3) is 11.8 Å². The summed E-state index contributed by atoms with van der Waals surface area (Å²) in [4.78, 5) is 38.1. The summed E-state index contributed by atoms with van der Waals surface area (Å²) in [6.07, 6.45) is 3.17. The lowest BCUT2D eigenvalue weighted by Gasteiger charge is -2.26. The maximum Gasteiger partial charge on any atom is 0.314 e. The largest absolute Gasteiger partial charge is 0.508 e. The van der Waals surface area contributed by atoms with Crippen molar-refractivity contribution in [2.24, 2.45) is 0 Å². The molecule has 1 aromatic carbocycles. The second-order valence-corrected chi connectivity index (χ2v) is 7.18. The van der Waals surface area contributed by atoms with Gasteiger partial charge < -0.3 is 20.6 Å². The zero-order valence-corrected chi connectivity index (χ0v) is 16.8. The number of phenolic OH excluding ortho intramolecular Hbond substituents is 1. The number of nitrogens with one attached hydrogen (secondary N) is 2. The van der Waals surface area contributed by atoms with Crippen molar-refractivity contribution >= 4 is 17.8 Å². The Kier molecular flexibility index (Phi) is 7.17. The van der Waals surface area contributed by atoms with Gasteiger partial charge in [-0.1, -0.05) is 0 Å². The summed E-state index contributed by atoms with van der Waals surface area (Å²) in [6.45, 7) is 4.69. The highest BCUT2D eigenvalue weighted by molar-refractivity contribution is 6.12. The van der Waals surface area contributed by atoms with Crippen LogP contribution in [0.3, 0.4) is 0 Å². The van der Waals surface area contributed by atoms with Crippen molar-refractivity contribution in [3.8, 4) is 5.75 Å². The molecular formula is C20H28N4O4. The van der Waals surface area contributed by atoms with E-state index in [0.717, 1.165) is 28.0 Å². The molecule has 0 radical (unpaired) electrons. The molecule has 8 heteroatoms. The molecule has 1 aromatic rings. The monoisotopic (exact) mass is 388 g/mol. The Morgan fingerprint density at radius 3 is 2.21 bits per heavy atom. The summed E-state index contributed by atoms with van der Waals surface area (Å²) in [5.74, 6) is -0.471. The number of likely N-dealkylation sites (N-methyl/N-ethyl adjacent to an activating group) is 1. The molecule has 1 heterocycles. The van der Waals surface area contributed by atoms with E-state index in [1.54, 1.807) is 12.1 Å². The number of imide groups is 1. The lowest BCUT2D eigenvalue weighted by atomic mass is 9.95. The van der Waals surface area contributed by atoms with Crippen LogP contribution in [0.5, 0.6) is 5.75 Å². The number of aromatic hydroxyl groups is 1. The van der Waals surface area contributed by atoms with E-state index in [4.69, 9.17) is 0 Å². The highest BCUT2D eigenvalue weighted by Gasteiger charge is 2.22. The normalized spacial score (nSPS) is 14.7. The highest BCUT2D eigenvalue weighted by Crippen LogP contribution is 2.22. The lowest BCUT2D eigenvalue weighted by molar-refractivity contribution is -0.136. The van der Waals surface area contributed by atoms with Gasteiger partial charge in [0.1, 0.15) is 5.75 Å². The summed E-state index contributed by atoms with van der Waals surface area (Å²) in [7, 11) is 3.90. The fourth-order valence-electron chi connectivity index (χ4n) is 3.17. The Labute approximate surface area is 165 Å². The summed E-state index contributed by atoms with van der Waals surface area (Å²) < 4.78 is 0. The smallest absolute Gasteiger partial charge is 0.314 e. The number of carbonyl (C=O) groups is 3. The lowest BCUT2D eigenvalue weighted by Crippen LogP contribution is -2.47. The third kappa shape index (κ3) is 5.56. The van der Waals surface area contributed by atoms with Crippen LogP contribution in [0.2, 0.25) is 0 Å². The zero-order valence-electron chi connectivity index (χ0n) is 16.8. The number of hydrogen-bond acceptors (Lipinski definition) is 5. The SMILES string of the molecule is Cc1cc(O)cc(C)c1CC(CNC(=O)NCCN1C(=O)C=CC1=O)N(C)C. The number of aryl methyl sites for hydroxylation is 2. The molecule has 0 spiro atoms. The van der Waals surface area contributed by atoms with Crippen LogP contribution in [-0.4, -0.2) is 72.5 Å². The Bertz CT molecular complexity index is 747. The summed E-state index contributed by atoms with van der Waals surface area (Å²) in [5.41, 5.74) is 3.18. The highest BCUT2D eigenvalue weighted by atomic mass is 16.3. The Balaban J connectivity index is 1.83. The summed E-state index contributed by atoms with van der Waals surface area (Å²) in [5, 5.41) is 15.2. The molecule has 0 aliphatic carbocycles. The molecule has 1 unspecified atom stereocenters. The number of nitrogens with zero attached hydrogens (tertiary/aromatic N) is 2. The quantitative estimate of drug-likeness (QED) is 0.569. The van der Waals surface area contributed by atoms with Crippen molar-refractivity contribution in [1.29, 1.82) is 0 Å². The van der Waals surface area contributed by atoms with Gasteiger partial charge in [-0.2, -0.15) is 0 Å². The van der Waals surface area contributed by atoms with Crippen molar-refractivity contribution < 1.29 is 19.5 Å². The van der Waals surface area contributed by atoms with Crippen LogP contribution in [0.15, 0.2) is 24.3 Å². The van der Waals surface area contributed by atoms with E-state index >= 15 is 0 Å². The van der Waals surface area contributed by atoms with E-state index < -0.39 is 0 Å². The first-order valence-electron chi connectivity index (χ1n) is 9.19. The first-order valence-corrected chi connectivity index (χ1v) is 9.19. The minimum Gasteiger partial charge on any atom is -0.508 e. The molecule has 8 nitrogen and oxygen atoms in total. The van der Waals surface area contributed by atoms with Crippen molar-refractivity contribution in [3.05, 3.63) is 41.0 Å². The van der Waals surface area contributed by atoms with Gasteiger partial charge in [-0.3, -0.25) is 14.5 Å². The van der Waals surface area contributed by atoms with Gasteiger partial charge in [-0.05, 0) is 63.2 Å². The fraction of sp³-hybridized carbons (Fsp3) is 0.450. The average molecular weight is 388 g/mol. The van der Waals surface area contributed by atoms with E-state index in [9.17, 15) is 19.5 Å². The van der Waals surface area contributed by atoms with Gasteiger partial charge in [-0.25, -0.2) is 4.79 Å². The van der Waals surface area contributed by atoms with E-state index in [0.29, 0.717) is 6.54 Å². The van der Waals surface area contributed by atoms with Crippen LogP contribution in [0.1, 0.15) is 16.7 Å². The van der Waals surface area contributed by atoms with Crippen LogP contribution in [0.4, 0.5) is 4.79 Å². The summed E-state index contributed by atoms with van der Waals surface area (Å²) in [6, 6.07) is 3.20. The number of hydrogen-bond donors (Lipinski definition) is 3. The van der Waals surface area contributed by atoms with E-state index in [1.807, 2.05) is 32.8 Å². The second-order valence-electron chi connectivity index (χ2n) is 7.18. The number of urea groups is 1. The molecule has 2 rings (SSSR count). The van der Waals surface area contributed by atoms with Gasteiger partial charge in [-0.15, -0.1) is 0 Å². The van der Waals surface area contributed by atoms with Gasteiger partial charge in [0.05, 0.1) is 0 Å². The van der Waals surface area contributed by atoms with Gasteiger partial charge >= 0.3 is 6.03 Å². The number of benzene rings is 1. The molecule has 1 aliphatic rings. The zero-order chi connectivity index (χ0) is 20.8. The Morgan fingerprint density at radius 1 is 1.11 bits per heavy atom. The predicted octanol–water partition coefficient (Wildman–Crippen LogP) is 0.706. The molecule has 0 saturated carbocycles. The third-order valence-electron chi connectivity index (χ3n) is 4.87. The van der Waals surface area contributed by atoms with Crippen molar-refractivity contribution in [2.45, 2.75) is 26.3 Å². The van der Waals surface area contributed by atoms with E-state index in [1.165, 1.54) is 12.2 Å². The molecular weight excluding hydrogens is 360 g/mol. The Hall–Kier alpha value is -2.87. The van der Waals surface area contributed by atoms with Crippen molar-refractivity contribution in [2.75, 3.05) is 33.7 Å². The minimum atomic E-state index is -0.362. The maximum atomic E-state index is 12.1. The van der Waals surface area contributed by atoms with Crippen LogP contribution in [0, 0.1) is 13.8 Å². The van der Waals surface area contributed by atoms with Crippen molar-refractivity contribution in [1.82, 2.24) is 20.4 Å². The van der Waals surface area contributed by atoms with Crippen LogP contribution in [-0.2, 0) is 16.0 Å². The molecule has 28 heavy (non-hydrogen) atoms. The molecule has 3 N–H and O–H groups in total. The molecule has 4 amide bonds. The minimum absolute atomic E-state index is 0.0682. The first kappa shape index (κ1) is 21.4. The van der Waals surface area contributed by atoms with Crippen LogP contribution < -0.4 is 10.6 Å². The van der Waals surface area contributed by atoms with Crippen molar-refractivity contribution in [3.63, 3.8) is 0 Å². The molecule has 0 aromatic heterocycles. The van der Waals surface area contributed by atoms with Crippen LogP contribution >= 0.6 is 0 Å². The fourth-order valence-corrected chi connectivity index (χ4v) is 3.17. The number of carbonyl (C=O) groups excluding carboxylic acids is 3.